The van der Waals surface area contributed by atoms with Crippen LogP contribution in [0, 0.1) is 10.1 Å². The van der Waals surface area contributed by atoms with Crippen LogP contribution in [0.4, 0.5) is 17.1 Å². The first-order valence-electron chi connectivity index (χ1n) is 7.45. The number of carbonyl (C=O) groups is 2. The molecule has 0 saturated heterocycles. The van der Waals surface area contributed by atoms with Crippen LogP contribution in [0.1, 0.15) is 12.5 Å². The number of carbonyl (C=O) groups excluding carboxylic acids is 2. The fourth-order valence-electron chi connectivity index (χ4n) is 2.90. The van der Waals surface area contributed by atoms with Gasteiger partial charge in [-0.15, -0.1) is 0 Å². The number of hydrogen-bond donors (Lipinski definition) is 1. The van der Waals surface area contributed by atoms with Gasteiger partial charge in [0.15, 0.2) is 0 Å². The predicted molar refractivity (Wildman–Crippen MR) is 88.8 cm³/mol. The molecule has 1 atom stereocenters. The Morgan fingerprint density at radius 1 is 1.17 bits per heavy atom. The van der Waals surface area contributed by atoms with Gasteiger partial charge in [-0.1, -0.05) is 30.3 Å². The monoisotopic (exact) mass is 325 g/mol. The minimum atomic E-state index is -0.896. The van der Waals surface area contributed by atoms with Crippen molar-refractivity contribution in [2.24, 2.45) is 0 Å². The Balaban J connectivity index is 1.84. The number of anilines is 2. The number of para-hydroxylation sites is 3. The van der Waals surface area contributed by atoms with E-state index in [0.717, 1.165) is 5.56 Å². The first-order chi connectivity index (χ1) is 11.5. The van der Waals surface area contributed by atoms with Gasteiger partial charge in [0.05, 0.1) is 4.92 Å². The Morgan fingerprint density at radius 3 is 2.58 bits per heavy atom. The number of benzene rings is 2. The van der Waals surface area contributed by atoms with E-state index < -0.39 is 16.7 Å². The van der Waals surface area contributed by atoms with Crippen LogP contribution in [-0.4, -0.2) is 22.8 Å². The number of nitro groups is 1. The molecule has 0 bridgehead atoms. The van der Waals surface area contributed by atoms with E-state index in [4.69, 9.17) is 0 Å². The summed E-state index contributed by atoms with van der Waals surface area (Å²) in [4.78, 5) is 36.7. The highest BCUT2D eigenvalue weighted by Crippen LogP contribution is 2.32. The number of nitro benzene ring substituents is 1. The second kappa shape index (κ2) is 6.11. The summed E-state index contributed by atoms with van der Waals surface area (Å²) in [7, 11) is 0. The van der Waals surface area contributed by atoms with E-state index in [-0.39, 0.29) is 17.4 Å². The fraction of sp³-hybridized carbons (Fsp3) is 0.176. The Bertz CT molecular complexity index is 834. The summed E-state index contributed by atoms with van der Waals surface area (Å²) < 4.78 is 0. The highest BCUT2D eigenvalue weighted by Gasteiger charge is 2.34. The quantitative estimate of drug-likeness (QED) is 0.521. The van der Waals surface area contributed by atoms with Crippen LogP contribution >= 0.6 is 0 Å². The van der Waals surface area contributed by atoms with Crippen LogP contribution in [-0.2, 0) is 16.0 Å². The van der Waals surface area contributed by atoms with Crippen LogP contribution in [0.3, 0.4) is 0 Å². The third-order valence-corrected chi connectivity index (χ3v) is 3.97. The average Bonchev–Trinajstić information content (AvgIpc) is 2.90. The molecule has 0 saturated carbocycles. The second-order valence-electron chi connectivity index (χ2n) is 5.59. The summed E-state index contributed by atoms with van der Waals surface area (Å²) >= 11 is 0. The molecular formula is C17H15N3O4. The molecule has 7 heteroatoms. The highest BCUT2D eigenvalue weighted by molar-refractivity contribution is 6.44. The maximum Gasteiger partial charge on any atom is 0.316 e. The van der Waals surface area contributed by atoms with Gasteiger partial charge in [-0.05, 0) is 31.0 Å². The Morgan fingerprint density at radius 2 is 1.83 bits per heavy atom. The summed E-state index contributed by atoms with van der Waals surface area (Å²) in [6, 6.07) is 13.0. The normalized spacial score (nSPS) is 15.7. The molecule has 2 aromatic rings. The van der Waals surface area contributed by atoms with Crippen LogP contribution < -0.4 is 10.2 Å². The average molecular weight is 325 g/mol. The van der Waals surface area contributed by atoms with E-state index in [1.807, 2.05) is 19.1 Å². The molecule has 0 radical (unpaired) electrons. The molecule has 2 aromatic carbocycles. The van der Waals surface area contributed by atoms with Crippen molar-refractivity contribution in [3.8, 4) is 0 Å². The van der Waals surface area contributed by atoms with E-state index >= 15 is 0 Å². The molecule has 3 rings (SSSR count). The highest BCUT2D eigenvalue weighted by atomic mass is 16.6. The molecule has 1 aliphatic heterocycles. The van der Waals surface area contributed by atoms with Crippen molar-refractivity contribution in [1.82, 2.24) is 0 Å². The molecular weight excluding hydrogens is 310 g/mol. The topological polar surface area (TPSA) is 92.6 Å². The fourth-order valence-corrected chi connectivity index (χ4v) is 2.90. The Kier molecular flexibility index (Phi) is 3.99. The maximum atomic E-state index is 12.5. The molecule has 1 heterocycles. The summed E-state index contributed by atoms with van der Waals surface area (Å²) in [5.74, 6) is -1.63. The number of nitrogens with zero attached hydrogens (tertiary/aromatic N) is 2. The van der Waals surface area contributed by atoms with Crippen molar-refractivity contribution in [2.45, 2.75) is 19.4 Å². The zero-order valence-corrected chi connectivity index (χ0v) is 12.9. The van der Waals surface area contributed by atoms with Crippen molar-refractivity contribution >= 4 is 28.9 Å². The number of hydrogen-bond acceptors (Lipinski definition) is 4. The third kappa shape index (κ3) is 2.71. The lowest BCUT2D eigenvalue weighted by Gasteiger charge is -2.21. The van der Waals surface area contributed by atoms with Crippen LogP contribution in [0.15, 0.2) is 48.5 Å². The maximum absolute atomic E-state index is 12.5. The Hall–Kier alpha value is -3.22. The van der Waals surface area contributed by atoms with Gasteiger partial charge in [-0.3, -0.25) is 19.7 Å². The molecule has 0 aliphatic carbocycles. The number of nitrogens with one attached hydrogen (secondary N) is 1. The minimum Gasteiger partial charge on any atom is -0.312 e. The lowest BCUT2D eigenvalue weighted by molar-refractivity contribution is -0.383. The molecule has 0 spiro atoms. The molecule has 122 valence electrons. The van der Waals surface area contributed by atoms with E-state index in [2.05, 4.69) is 5.32 Å². The van der Waals surface area contributed by atoms with Crippen molar-refractivity contribution in [3.63, 3.8) is 0 Å². The van der Waals surface area contributed by atoms with Crippen LogP contribution in [0.5, 0.6) is 0 Å². The zero-order valence-electron chi connectivity index (χ0n) is 12.9. The van der Waals surface area contributed by atoms with Crippen molar-refractivity contribution in [3.05, 3.63) is 64.2 Å². The number of amides is 2. The van der Waals surface area contributed by atoms with Crippen LogP contribution in [0.2, 0.25) is 0 Å². The first-order valence-corrected chi connectivity index (χ1v) is 7.45. The standard InChI is InChI=1S/C17H15N3O4/c1-11-10-12-6-2-4-8-14(12)19(11)17(22)16(21)18-13-7-3-5-9-15(13)20(23)24/h2-9,11H,10H2,1H3,(H,18,21). The van der Waals surface area contributed by atoms with E-state index in [9.17, 15) is 19.7 Å². The van der Waals surface area contributed by atoms with Crippen LogP contribution in [0.25, 0.3) is 0 Å². The van der Waals surface area contributed by atoms with Crippen molar-refractivity contribution in [1.29, 1.82) is 0 Å². The molecule has 1 N–H and O–H groups in total. The summed E-state index contributed by atoms with van der Waals surface area (Å²) in [6.07, 6.45) is 0.667. The summed E-state index contributed by atoms with van der Waals surface area (Å²) in [5, 5.41) is 13.4. The van der Waals surface area contributed by atoms with Gasteiger partial charge in [0, 0.05) is 17.8 Å². The van der Waals surface area contributed by atoms with Gasteiger partial charge in [0.25, 0.3) is 5.69 Å². The van der Waals surface area contributed by atoms with Gasteiger partial charge in [0.1, 0.15) is 5.69 Å². The number of rotatable bonds is 2. The molecule has 7 nitrogen and oxygen atoms in total. The van der Waals surface area contributed by atoms with E-state index in [1.54, 1.807) is 18.2 Å². The summed E-state index contributed by atoms with van der Waals surface area (Å²) in [6.45, 7) is 1.86. The Labute approximate surface area is 138 Å². The van der Waals surface area contributed by atoms with Crippen molar-refractivity contribution < 1.29 is 14.5 Å². The van der Waals surface area contributed by atoms with Gasteiger partial charge >= 0.3 is 11.8 Å². The smallest absolute Gasteiger partial charge is 0.312 e. The lowest BCUT2D eigenvalue weighted by Crippen LogP contribution is -2.43. The molecule has 0 aromatic heterocycles. The van der Waals surface area contributed by atoms with Crippen molar-refractivity contribution in [2.75, 3.05) is 10.2 Å². The number of fused-ring (bicyclic) bond motifs is 1. The third-order valence-electron chi connectivity index (χ3n) is 3.97. The lowest BCUT2D eigenvalue weighted by atomic mass is 10.1. The molecule has 1 unspecified atom stereocenters. The van der Waals surface area contributed by atoms with Gasteiger partial charge in [-0.25, -0.2) is 0 Å². The van der Waals surface area contributed by atoms with Gasteiger partial charge in [-0.2, -0.15) is 0 Å². The largest absolute Gasteiger partial charge is 0.316 e. The SMILES string of the molecule is CC1Cc2ccccc2N1C(=O)C(=O)Nc1ccccc1[N+](=O)[O-]. The van der Waals surface area contributed by atoms with Gasteiger partial charge < -0.3 is 10.2 Å². The predicted octanol–water partition coefficient (Wildman–Crippen LogP) is 2.51. The first kappa shape index (κ1) is 15.7. The summed E-state index contributed by atoms with van der Waals surface area (Å²) in [5.41, 5.74) is 1.44. The van der Waals surface area contributed by atoms with Gasteiger partial charge in [0.2, 0.25) is 0 Å². The van der Waals surface area contributed by atoms with E-state index in [1.165, 1.54) is 23.1 Å². The molecule has 1 aliphatic rings. The molecule has 2 amide bonds. The molecule has 0 fully saturated rings. The second-order valence-corrected chi connectivity index (χ2v) is 5.59. The molecule has 24 heavy (non-hydrogen) atoms. The zero-order chi connectivity index (χ0) is 17.3. The minimum absolute atomic E-state index is 0.000912. The van der Waals surface area contributed by atoms with E-state index in [0.29, 0.717) is 12.1 Å².